The van der Waals surface area contributed by atoms with E-state index in [1.165, 1.54) is 22.3 Å². The number of para-hydroxylation sites is 3. The molecule has 0 fully saturated rings. The third kappa shape index (κ3) is 3.81. The summed E-state index contributed by atoms with van der Waals surface area (Å²) < 4.78 is 3.80. The lowest BCUT2D eigenvalue weighted by molar-refractivity contribution is 0.660. The van der Waals surface area contributed by atoms with Gasteiger partial charge < -0.3 is 5.32 Å². The molecule has 1 aliphatic rings. The molecule has 0 aliphatic heterocycles. The number of imidazole rings is 1. The van der Waals surface area contributed by atoms with E-state index >= 15 is 0 Å². The van der Waals surface area contributed by atoms with E-state index in [1.54, 1.807) is 4.57 Å². The van der Waals surface area contributed by atoms with E-state index in [9.17, 15) is 4.79 Å². The van der Waals surface area contributed by atoms with Crippen molar-refractivity contribution in [1.29, 1.82) is 0 Å². The fourth-order valence-corrected chi connectivity index (χ4v) is 7.26. The fraction of sp³-hybridized carbons (Fsp3) is 0.0732. The monoisotopic (exact) mass is 594 g/mol. The van der Waals surface area contributed by atoms with E-state index in [-0.39, 0.29) is 11.0 Å². The molecule has 1 aliphatic carbocycles. The van der Waals surface area contributed by atoms with Gasteiger partial charge in [-0.05, 0) is 82.4 Å². The third-order valence-corrected chi connectivity index (χ3v) is 9.55. The molecule has 9 rings (SSSR count). The number of hydrogen-bond acceptors (Lipinski definition) is 3. The summed E-state index contributed by atoms with van der Waals surface area (Å²) in [5.74, 6) is 0.603. The molecule has 0 radical (unpaired) electrons. The smallest absolute Gasteiger partial charge is 0.267 e. The maximum Gasteiger partial charge on any atom is 0.267 e. The molecule has 0 unspecified atom stereocenters. The number of fused-ring (bicyclic) bond motifs is 8. The Bertz CT molecular complexity index is 2540. The first-order valence-electron chi connectivity index (χ1n) is 15.6. The van der Waals surface area contributed by atoms with Crippen LogP contribution in [0, 0.1) is 0 Å². The van der Waals surface area contributed by atoms with Crippen LogP contribution in [0.25, 0.3) is 55.7 Å². The molecule has 8 aromatic rings. The second-order valence-electron chi connectivity index (χ2n) is 12.5. The SMILES string of the molecule is CC1(C)c2ccccc2-c2c(Nc3ccc(-c4ccc(-n5c(=O)c6ccccc6n6c7ccccc7nc56)cc4)cc3)cccc21. The van der Waals surface area contributed by atoms with Crippen LogP contribution in [-0.2, 0) is 5.41 Å². The van der Waals surface area contributed by atoms with Gasteiger partial charge in [-0.3, -0.25) is 9.20 Å². The first-order chi connectivity index (χ1) is 22.5. The molecule has 6 aromatic carbocycles. The molecule has 2 heterocycles. The van der Waals surface area contributed by atoms with Gasteiger partial charge in [0.15, 0.2) is 0 Å². The van der Waals surface area contributed by atoms with Crippen LogP contribution in [0.3, 0.4) is 0 Å². The van der Waals surface area contributed by atoms with Gasteiger partial charge in [-0.25, -0.2) is 9.55 Å². The second kappa shape index (κ2) is 9.78. The summed E-state index contributed by atoms with van der Waals surface area (Å²) in [5.41, 5.74) is 13.0. The first-order valence-corrected chi connectivity index (χ1v) is 15.6. The van der Waals surface area contributed by atoms with Gasteiger partial charge in [-0.15, -0.1) is 0 Å². The molecule has 46 heavy (non-hydrogen) atoms. The topological polar surface area (TPSA) is 51.3 Å². The molecular formula is C41H30N4O. The number of hydrogen-bond donors (Lipinski definition) is 1. The van der Waals surface area contributed by atoms with Crippen LogP contribution < -0.4 is 10.9 Å². The van der Waals surface area contributed by atoms with E-state index < -0.39 is 0 Å². The molecule has 5 heteroatoms. The van der Waals surface area contributed by atoms with E-state index in [0.29, 0.717) is 11.2 Å². The van der Waals surface area contributed by atoms with Crippen LogP contribution in [0.15, 0.2) is 144 Å². The van der Waals surface area contributed by atoms with Crippen molar-refractivity contribution in [3.05, 3.63) is 161 Å². The largest absolute Gasteiger partial charge is 0.355 e. The zero-order chi connectivity index (χ0) is 31.0. The summed E-state index contributed by atoms with van der Waals surface area (Å²) in [7, 11) is 0. The zero-order valence-electron chi connectivity index (χ0n) is 25.5. The van der Waals surface area contributed by atoms with Crippen molar-refractivity contribution in [1.82, 2.24) is 14.0 Å². The summed E-state index contributed by atoms with van der Waals surface area (Å²) in [6.07, 6.45) is 0. The molecule has 0 saturated carbocycles. The van der Waals surface area contributed by atoms with Gasteiger partial charge in [-0.1, -0.05) is 98.8 Å². The number of nitrogens with one attached hydrogen (secondary N) is 1. The molecule has 0 saturated heterocycles. The van der Waals surface area contributed by atoms with Gasteiger partial charge in [0.1, 0.15) is 0 Å². The van der Waals surface area contributed by atoms with Crippen molar-refractivity contribution in [3.63, 3.8) is 0 Å². The maximum absolute atomic E-state index is 13.8. The Balaban J connectivity index is 1.06. The third-order valence-electron chi connectivity index (χ3n) is 9.55. The lowest BCUT2D eigenvalue weighted by atomic mass is 9.82. The summed E-state index contributed by atoms with van der Waals surface area (Å²) >= 11 is 0. The van der Waals surface area contributed by atoms with E-state index in [1.807, 2.05) is 60.7 Å². The molecule has 0 spiro atoms. The van der Waals surface area contributed by atoms with Crippen molar-refractivity contribution in [2.45, 2.75) is 19.3 Å². The highest BCUT2D eigenvalue weighted by Gasteiger charge is 2.36. The summed E-state index contributed by atoms with van der Waals surface area (Å²) in [6, 6.07) is 47.7. The summed E-state index contributed by atoms with van der Waals surface area (Å²) in [6.45, 7) is 4.61. The van der Waals surface area contributed by atoms with Crippen LogP contribution >= 0.6 is 0 Å². The van der Waals surface area contributed by atoms with Crippen molar-refractivity contribution < 1.29 is 0 Å². The summed E-state index contributed by atoms with van der Waals surface area (Å²) in [4.78, 5) is 18.7. The minimum Gasteiger partial charge on any atom is -0.355 e. The van der Waals surface area contributed by atoms with Gasteiger partial charge in [-0.2, -0.15) is 0 Å². The van der Waals surface area contributed by atoms with E-state index in [4.69, 9.17) is 4.98 Å². The molecule has 0 atom stereocenters. The number of rotatable bonds is 4. The molecule has 5 nitrogen and oxygen atoms in total. The van der Waals surface area contributed by atoms with Gasteiger partial charge in [0.2, 0.25) is 5.78 Å². The highest BCUT2D eigenvalue weighted by molar-refractivity contribution is 5.92. The van der Waals surface area contributed by atoms with Crippen LogP contribution in [0.2, 0.25) is 0 Å². The van der Waals surface area contributed by atoms with Crippen molar-refractivity contribution in [2.75, 3.05) is 5.32 Å². The number of nitrogens with zero attached hydrogens (tertiary/aromatic N) is 3. The van der Waals surface area contributed by atoms with Gasteiger partial charge in [0, 0.05) is 22.4 Å². The predicted octanol–water partition coefficient (Wildman–Crippen LogP) is 9.51. The van der Waals surface area contributed by atoms with E-state index in [2.05, 4.69) is 102 Å². The van der Waals surface area contributed by atoms with E-state index in [0.717, 1.165) is 44.7 Å². The Hall–Kier alpha value is -5.94. The average molecular weight is 595 g/mol. The Morgan fingerprint density at radius 3 is 2.09 bits per heavy atom. The highest BCUT2D eigenvalue weighted by Crippen LogP contribution is 2.51. The Labute approximate surface area is 266 Å². The lowest BCUT2D eigenvalue weighted by Crippen LogP contribution is -2.21. The Morgan fingerprint density at radius 1 is 0.630 bits per heavy atom. The molecule has 220 valence electrons. The molecule has 2 aromatic heterocycles. The van der Waals surface area contributed by atoms with Crippen molar-refractivity contribution >= 4 is 39.1 Å². The van der Waals surface area contributed by atoms with Crippen LogP contribution in [0.4, 0.5) is 11.4 Å². The zero-order valence-corrected chi connectivity index (χ0v) is 25.5. The molecular weight excluding hydrogens is 564 g/mol. The van der Waals surface area contributed by atoms with Gasteiger partial charge >= 0.3 is 0 Å². The van der Waals surface area contributed by atoms with Gasteiger partial charge in [0.05, 0.1) is 27.6 Å². The highest BCUT2D eigenvalue weighted by atomic mass is 16.1. The van der Waals surface area contributed by atoms with Crippen LogP contribution in [0.1, 0.15) is 25.0 Å². The average Bonchev–Trinajstić information content (AvgIpc) is 3.59. The lowest BCUT2D eigenvalue weighted by Gasteiger charge is -2.21. The molecule has 0 amide bonds. The Kier molecular flexibility index (Phi) is 5.63. The van der Waals surface area contributed by atoms with Gasteiger partial charge in [0.25, 0.3) is 5.56 Å². The van der Waals surface area contributed by atoms with Crippen LogP contribution in [0.5, 0.6) is 0 Å². The quantitative estimate of drug-likeness (QED) is 0.221. The standard InChI is InChI=1S/C41H30N4O/c1-41(2)32-12-5-3-10-30(32)38-33(41)13-9-15-35(38)42-28-22-18-26(19-23-28)27-20-24-29(25-21-27)44-39(46)31-11-4-7-16-36(31)45-37-17-8-6-14-34(37)43-40(44)45/h3-25,42H,1-2H3. The minimum atomic E-state index is -0.0833. The molecule has 1 N–H and O–H groups in total. The predicted molar refractivity (Wildman–Crippen MR) is 189 cm³/mol. The summed E-state index contributed by atoms with van der Waals surface area (Å²) in [5, 5.41) is 4.35. The minimum absolute atomic E-state index is 0.0333. The maximum atomic E-state index is 13.8. The number of benzene rings is 6. The van der Waals surface area contributed by atoms with Crippen LogP contribution in [-0.4, -0.2) is 14.0 Å². The number of aromatic nitrogens is 3. The second-order valence-corrected chi connectivity index (χ2v) is 12.5. The van der Waals surface area contributed by atoms with Crippen molar-refractivity contribution in [3.8, 4) is 27.9 Å². The normalized spacial score (nSPS) is 13.3. The fourth-order valence-electron chi connectivity index (χ4n) is 7.26. The van der Waals surface area contributed by atoms with Crippen molar-refractivity contribution in [2.24, 2.45) is 0 Å². The molecule has 0 bridgehead atoms. The Morgan fingerprint density at radius 2 is 1.28 bits per heavy atom. The number of anilines is 2. The first kappa shape index (κ1) is 26.5.